The van der Waals surface area contributed by atoms with Gasteiger partial charge in [-0.3, -0.25) is 0 Å². The normalized spacial score (nSPS) is 13.2. The molecule has 47 valence electrons. The lowest BCUT2D eigenvalue weighted by molar-refractivity contribution is 0.0903. The molecule has 2 N–H and O–H groups in total. The monoisotopic (exact) mass is 133 g/mol. The van der Waals surface area contributed by atoms with Crippen molar-refractivity contribution in [1.82, 2.24) is 0 Å². The van der Waals surface area contributed by atoms with Gasteiger partial charge in [-0.1, -0.05) is 12.2 Å². The first-order chi connectivity index (χ1) is 3.81. The van der Waals surface area contributed by atoms with E-state index in [1.807, 2.05) is 0 Å². The summed E-state index contributed by atoms with van der Waals surface area (Å²) in [6.45, 7) is -0.184. The smallest absolute Gasteiger partial charge is 0.0774 e. The van der Waals surface area contributed by atoms with Crippen molar-refractivity contribution < 1.29 is 10.2 Å². The van der Waals surface area contributed by atoms with Gasteiger partial charge < -0.3 is 10.2 Å². The number of hydrogen-bond donors (Lipinski definition) is 2. The van der Waals surface area contributed by atoms with Crippen LogP contribution in [0.15, 0.2) is 0 Å². The van der Waals surface area contributed by atoms with E-state index in [0.717, 1.165) is 0 Å². The zero-order valence-corrected chi connectivity index (χ0v) is 5.32. The zero-order chi connectivity index (χ0) is 6.41. The van der Waals surface area contributed by atoms with Crippen LogP contribution >= 0.6 is 12.2 Å². The summed E-state index contributed by atoms with van der Waals surface area (Å²) in [5, 5.41) is 19.3. The molecule has 0 spiro atoms. The summed E-state index contributed by atoms with van der Waals surface area (Å²) in [6, 6.07) is 0. The van der Waals surface area contributed by atoms with Crippen molar-refractivity contribution >= 4 is 17.6 Å². The minimum Gasteiger partial charge on any atom is -0.394 e. The molecule has 1 radical (unpaired) electrons. The largest absolute Gasteiger partial charge is 0.394 e. The Hall–Kier alpha value is 0.01000. The van der Waals surface area contributed by atoms with Crippen molar-refractivity contribution in [2.24, 2.45) is 0 Å². The van der Waals surface area contributed by atoms with E-state index in [-0.39, 0.29) is 6.61 Å². The number of thiocarbonyl (C=S) groups is 1. The lowest BCUT2D eigenvalue weighted by atomic mass is 10.2. The van der Waals surface area contributed by atoms with E-state index in [9.17, 15) is 0 Å². The van der Waals surface area contributed by atoms with E-state index in [4.69, 9.17) is 10.2 Å². The SMILES string of the molecule is OCC(O)CC[C]=S. The Kier molecular flexibility index (Phi) is 5.16. The van der Waals surface area contributed by atoms with Gasteiger partial charge in [0.05, 0.1) is 12.7 Å². The molecule has 0 amide bonds. The van der Waals surface area contributed by atoms with Gasteiger partial charge >= 0.3 is 0 Å². The van der Waals surface area contributed by atoms with Crippen LogP contribution in [0, 0.1) is 0 Å². The van der Waals surface area contributed by atoms with Crippen LogP contribution in [0.2, 0.25) is 0 Å². The first-order valence-corrected chi connectivity index (χ1v) is 2.86. The number of hydrogen-bond acceptors (Lipinski definition) is 3. The Balaban J connectivity index is 2.97. The maximum Gasteiger partial charge on any atom is 0.0774 e. The van der Waals surface area contributed by atoms with Crippen LogP contribution in [0.3, 0.4) is 0 Å². The zero-order valence-electron chi connectivity index (χ0n) is 4.50. The van der Waals surface area contributed by atoms with Gasteiger partial charge in [0.15, 0.2) is 0 Å². The Labute approximate surface area is 54.1 Å². The molecule has 0 aliphatic heterocycles. The molecule has 1 atom stereocenters. The fraction of sp³-hybridized carbons (Fsp3) is 0.800. The quantitative estimate of drug-likeness (QED) is 0.530. The molecule has 2 nitrogen and oxygen atoms in total. The molecule has 0 saturated heterocycles. The molecule has 0 bridgehead atoms. The average Bonchev–Trinajstić information content (AvgIpc) is 1.83. The van der Waals surface area contributed by atoms with Crippen LogP contribution in [0.4, 0.5) is 0 Å². The van der Waals surface area contributed by atoms with Crippen LogP contribution in [-0.4, -0.2) is 28.3 Å². The Morgan fingerprint density at radius 1 is 1.62 bits per heavy atom. The molecule has 0 rings (SSSR count). The van der Waals surface area contributed by atoms with Crippen LogP contribution in [0.5, 0.6) is 0 Å². The highest BCUT2D eigenvalue weighted by Crippen LogP contribution is 1.92. The number of rotatable bonds is 4. The van der Waals surface area contributed by atoms with Crippen LogP contribution < -0.4 is 0 Å². The van der Waals surface area contributed by atoms with Gasteiger partial charge in [0.1, 0.15) is 0 Å². The Morgan fingerprint density at radius 2 is 2.25 bits per heavy atom. The summed E-state index contributed by atoms with van der Waals surface area (Å²) < 4.78 is 0. The third-order valence-corrected chi connectivity index (χ3v) is 0.994. The molecule has 0 heterocycles. The fourth-order valence-corrected chi connectivity index (χ4v) is 0.435. The highest BCUT2D eigenvalue weighted by atomic mass is 32.1. The molecule has 0 aromatic heterocycles. The molecule has 8 heavy (non-hydrogen) atoms. The lowest BCUT2D eigenvalue weighted by Gasteiger charge is -2.01. The van der Waals surface area contributed by atoms with Crippen molar-refractivity contribution in [2.75, 3.05) is 6.61 Å². The second-order valence-corrected chi connectivity index (χ2v) is 1.81. The summed E-state index contributed by atoms with van der Waals surface area (Å²) in [5.41, 5.74) is 0. The summed E-state index contributed by atoms with van der Waals surface area (Å²) in [6.07, 6.45) is 0.460. The van der Waals surface area contributed by atoms with Gasteiger partial charge in [0.25, 0.3) is 0 Å². The average molecular weight is 133 g/mol. The lowest BCUT2D eigenvalue weighted by Crippen LogP contribution is -2.10. The first-order valence-electron chi connectivity index (χ1n) is 2.45. The van der Waals surface area contributed by atoms with Crippen molar-refractivity contribution in [1.29, 1.82) is 0 Å². The standard InChI is InChI=1S/C5H9O2S/c6-4-5(7)2-1-3-8/h5-7H,1-2,4H2. The molecule has 0 saturated carbocycles. The highest BCUT2D eigenvalue weighted by molar-refractivity contribution is 7.78. The summed E-state index contributed by atoms with van der Waals surface area (Å²) in [5.74, 6) is 0. The van der Waals surface area contributed by atoms with E-state index < -0.39 is 6.10 Å². The van der Waals surface area contributed by atoms with Gasteiger partial charge in [-0.05, 0) is 12.8 Å². The first kappa shape index (κ1) is 8.01. The maximum absolute atomic E-state index is 8.65. The van der Waals surface area contributed by atoms with E-state index in [1.165, 1.54) is 0 Å². The van der Waals surface area contributed by atoms with Crippen molar-refractivity contribution in [3.8, 4) is 0 Å². The van der Waals surface area contributed by atoms with Crippen LogP contribution in [-0.2, 0) is 0 Å². The van der Waals surface area contributed by atoms with E-state index in [0.29, 0.717) is 12.8 Å². The predicted octanol–water partition coefficient (Wildman–Crippen LogP) is -0.00350. The van der Waals surface area contributed by atoms with Crippen molar-refractivity contribution in [3.05, 3.63) is 0 Å². The maximum atomic E-state index is 8.65. The van der Waals surface area contributed by atoms with Gasteiger partial charge in [-0.15, -0.1) is 0 Å². The molecule has 0 aliphatic carbocycles. The van der Waals surface area contributed by atoms with E-state index in [1.54, 1.807) is 0 Å². The Bertz CT molecular complexity index is 65.4. The number of aliphatic hydroxyl groups excluding tert-OH is 2. The van der Waals surface area contributed by atoms with Gasteiger partial charge in [-0.25, -0.2) is 0 Å². The molecular formula is C5H9O2S. The molecule has 0 aromatic carbocycles. The van der Waals surface area contributed by atoms with E-state index in [2.05, 4.69) is 17.6 Å². The van der Waals surface area contributed by atoms with Crippen LogP contribution in [0.25, 0.3) is 0 Å². The second kappa shape index (κ2) is 5.15. The highest BCUT2D eigenvalue weighted by Gasteiger charge is 1.97. The Morgan fingerprint density at radius 3 is 2.62 bits per heavy atom. The number of aliphatic hydroxyl groups is 2. The second-order valence-electron chi connectivity index (χ2n) is 1.52. The minimum absolute atomic E-state index is 0.184. The minimum atomic E-state index is -0.620. The summed E-state index contributed by atoms with van der Waals surface area (Å²) in [7, 11) is 0. The molecule has 0 fully saturated rings. The van der Waals surface area contributed by atoms with Crippen molar-refractivity contribution in [2.45, 2.75) is 18.9 Å². The topological polar surface area (TPSA) is 40.5 Å². The summed E-state index contributed by atoms with van der Waals surface area (Å²) in [4.78, 5) is 0. The van der Waals surface area contributed by atoms with Crippen LogP contribution in [0.1, 0.15) is 12.8 Å². The van der Waals surface area contributed by atoms with Gasteiger partial charge in [0, 0.05) is 5.37 Å². The molecule has 0 aromatic rings. The molecule has 0 aliphatic rings. The fourth-order valence-electron chi connectivity index (χ4n) is 0.317. The third kappa shape index (κ3) is 4.18. The van der Waals surface area contributed by atoms with Gasteiger partial charge in [-0.2, -0.15) is 0 Å². The third-order valence-electron chi connectivity index (χ3n) is 0.790. The van der Waals surface area contributed by atoms with Crippen molar-refractivity contribution in [3.63, 3.8) is 0 Å². The molecule has 1 unspecified atom stereocenters. The summed E-state index contributed by atoms with van der Waals surface area (Å²) >= 11 is 4.38. The molecular weight excluding hydrogens is 124 g/mol. The predicted molar refractivity (Wildman–Crippen MR) is 34.9 cm³/mol. The molecule has 3 heteroatoms. The van der Waals surface area contributed by atoms with Gasteiger partial charge in [0.2, 0.25) is 0 Å². The van der Waals surface area contributed by atoms with E-state index >= 15 is 0 Å².